The first-order chi connectivity index (χ1) is 6.20. The van der Waals surface area contributed by atoms with Gasteiger partial charge >= 0.3 is 0 Å². The third kappa shape index (κ3) is 3.97. The Kier molecular flexibility index (Phi) is 4.55. The lowest BCUT2D eigenvalue weighted by Crippen LogP contribution is -2.26. The second-order valence-corrected chi connectivity index (χ2v) is 5.68. The smallest absolute Gasteiger partial charge is 0.0794 e. The number of aromatic nitrogens is 1. The van der Waals surface area contributed by atoms with Crippen molar-refractivity contribution in [2.45, 2.75) is 18.7 Å². The van der Waals surface area contributed by atoms with E-state index < -0.39 is 10.8 Å². The molecule has 3 nitrogen and oxygen atoms in total. The molecule has 1 N–H and O–H groups in total. The first-order valence-corrected chi connectivity index (χ1v) is 6.60. The number of nitrogens with zero attached hydrogens (tertiary/aromatic N) is 1. The Morgan fingerprint density at radius 3 is 3.08 bits per heavy atom. The van der Waals surface area contributed by atoms with E-state index in [4.69, 9.17) is 0 Å². The van der Waals surface area contributed by atoms with Crippen LogP contribution >= 0.6 is 11.3 Å². The lowest BCUT2D eigenvalue weighted by Gasteiger charge is -2.08. The molecule has 0 fully saturated rings. The van der Waals surface area contributed by atoms with Crippen LogP contribution in [0.2, 0.25) is 0 Å². The van der Waals surface area contributed by atoms with Gasteiger partial charge in [-0.1, -0.05) is 0 Å². The van der Waals surface area contributed by atoms with Gasteiger partial charge in [-0.2, -0.15) is 0 Å². The van der Waals surface area contributed by atoms with Crippen molar-refractivity contribution in [2.75, 3.05) is 12.8 Å². The Balaban J connectivity index is 2.18. The maximum absolute atomic E-state index is 11.0. The van der Waals surface area contributed by atoms with Crippen molar-refractivity contribution in [1.82, 2.24) is 10.3 Å². The van der Waals surface area contributed by atoms with Crippen LogP contribution in [-0.4, -0.2) is 27.2 Å². The SMILES string of the molecule is CC(CNCc1cncs1)S(C)=O. The van der Waals surface area contributed by atoms with Gasteiger partial charge in [0, 0.05) is 46.5 Å². The molecular formula is C8H14N2OS2. The molecule has 2 atom stereocenters. The van der Waals surface area contributed by atoms with Gasteiger partial charge in [0.1, 0.15) is 0 Å². The standard InChI is InChI=1S/C8H14N2OS2/c1-7(13(2)11)3-9-4-8-5-10-6-12-8/h5-7,9H,3-4H2,1-2H3. The van der Waals surface area contributed by atoms with Crippen molar-refractivity contribution in [3.8, 4) is 0 Å². The number of nitrogens with one attached hydrogen (secondary N) is 1. The van der Waals surface area contributed by atoms with Gasteiger partial charge in [-0.25, -0.2) is 0 Å². The van der Waals surface area contributed by atoms with Crippen molar-refractivity contribution in [1.29, 1.82) is 0 Å². The quantitative estimate of drug-likeness (QED) is 0.801. The molecule has 0 aliphatic carbocycles. The monoisotopic (exact) mass is 218 g/mol. The van der Waals surface area contributed by atoms with Crippen molar-refractivity contribution < 1.29 is 4.21 Å². The molecule has 0 amide bonds. The zero-order valence-corrected chi connectivity index (χ0v) is 9.45. The minimum absolute atomic E-state index is 0.216. The van der Waals surface area contributed by atoms with Crippen molar-refractivity contribution in [3.63, 3.8) is 0 Å². The molecule has 0 aromatic carbocycles. The minimum atomic E-state index is -0.733. The van der Waals surface area contributed by atoms with Gasteiger partial charge < -0.3 is 5.32 Å². The molecule has 0 saturated heterocycles. The van der Waals surface area contributed by atoms with E-state index in [1.54, 1.807) is 17.6 Å². The van der Waals surface area contributed by atoms with Gasteiger partial charge in [0.05, 0.1) is 5.51 Å². The third-order valence-electron chi connectivity index (χ3n) is 1.78. The predicted octanol–water partition coefficient (Wildman–Crippen LogP) is 1.000. The lowest BCUT2D eigenvalue weighted by atomic mass is 10.4. The molecule has 5 heteroatoms. The van der Waals surface area contributed by atoms with Crippen molar-refractivity contribution in [2.24, 2.45) is 0 Å². The third-order valence-corrected chi connectivity index (χ3v) is 3.86. The summed E-state index contributed by atoms with van der Waals surface area (Å²) in [7, 11) is -0.733. The van der Waals surface area contributed by atoms with Gasteiger partial charge in [0.25, 0.3) is 0 Å². The minimum Gasteiger partial charge on any atom is -0.311 e. The summed E-state index contributed by atoms with van der Waals surface area (Å²) in [5.74, 6) is 0. The molecule has 1 aromatic heterocycles. The van der Waals surface area contributed by atoms with Crippen LogP contribution in [0.1, 0.15) is 11.8 Å². The summed E-state index contributed by atoms with van der Waals surface area (Å²) in [6.07, 6.45) is 3.59. The molecular weight excluding hydrogens is 204 g/mol. The highest BCUT2D eigenvalue weighted by molar-refractivity contribution is 7.84. The van der Waals surface area contributed by atoms with Crippen LogP contribution in [0.3, 0.4) is 0 Å². The van der Waals surface area contributed by atoms with Crippen LogP contribution in [0.5, 0.6) is 0 Å². The fourth-order valence-corrected chi connectivity index (χ4v) is 1.76. The summed E-state index contributed by atoms with van der Waals surface area (Å²) in [6.45, 7) is 3.60. The molecule has 0 aliphatic rings. The van der Waals surface area contributed by atoms with E-state index in [0.717, 1.165) is 13.1 Å². The first-order valence-electron chi connectivity index (χ1n) is 4.10. The first kappa shape index (κ1) is 10.8. The van der Waals surface area contributed by atoms with Crippen LogP contribution in [0.25, 0.3) is 0 Å². The molecule has 0 aliphatic heterocycles. The van der Waals surface area contributed by atoms with Gasteiger partial charge in [-0.3, -0.25) is 9.19 Å². The van der Waals surface area contributed by atoms with Crippen LogP contribution in [0, 0.1) is 0 Å². The zero-order chi connectivity index (χ0) is 9.68. The van der Waals surface area contributed by atoms with Gasteiger partial charge in [-0.15, -0.1) is 11.3 Å². The van der Waals surface area contributed by atoms with Gasteiger partial charge in [0.15, 0.2) is 0 Å². The Bertz CT molecular complexity index is 261. The Labute approximate surface area is 85.0 Å². The summed E-state index contributed by atoms with van der Waals surface area (Å²) >= 11 is 1.63. The highest BCUT2D eigenvalue weighted by atomic mass is 32.2. The summed E-state index contributed by atoms with van der Waals surface area (Å²) in [5.41, 5.74) is 1.82. The fourth-order valence-electron chi connectivity index (χ4n) is 0.845. The molecule has 13 heavy (non-hydrogen) atoms. The lowest BCUT2D eigenvalue weighted by molar-refractivity contribution is 0.649. The van der Waals surface area contributed by atoms with E-state index in [1.165, 1.54) is 4.88 Å². The van der Waals surface area contributed by atoms with E-state index in [-0.39, 0.29) is 5.25 Å². The molecule has 1 heterocycles. The van der Waals surface area contributed by atoms with Crippen LogP contribution in [-0.2, 0) is 17.3 Å². The van der Waals surface area contributed by atoms with E-state index in [1.807, 2.05) is 18.6 Å². The maximum atomic E-state index is 11.0. The van der Waals surface area contributed by atoms with E-state index in [2.05, 4.69) is 10.3 Å². The second-order valence-electron chi connectivity index (χ2n) is 2.91. The fraction of sp³-hybridized carbons (Fsp3) is 0.625. The van der Waals surface area contributed by atoms with Crippen LogP contribution in [0.4, 0.5) is 0 Å². The van der Waals surface area contributed by atoms with E-state index in [0.29, 0.717) is 0 Å². The largest absolute Gasteiger partial charge is 0.311 e. The molecule has 0 radical (unpaired) electrons. The number of hydrogen-bond acceptors (Lipinski definition) is 4. The molecule has 0 saturated carbocycles. The molecule has 2 unspecified atom stereocenters. The second kappa shape index (κ2) is 5.47. The summed E-state index contributed by atoms with van der Waals surface area (Å²) in [6, 6.07) is 0. The Hall–Kier alpha value is -0.260. The summed E-state index contributed by atoms with van der Waals surface area (Å²) < 4.78 is 11.0. The predicted molar refractivity (Wildman–Crippen MR) is 57.3 cm³/mol. The Morgan fingerprint density at radius 2 is 2.54 bits per heavy atom. The number of thiazole rings is 1. The topological polar surface area (TPSA) is 42.0 Å². The summed E-state index contributed by atoms with van der Waals surface area (Å²) in [5, 5.41) is 3.46. The Morgan fingerprint density at radius 1 is 1.77 bits per heavy atom. The maximum Gasteiger partial charge on any atom is 0.0794 e. The van der Waals surface area contributed by atoms with Crippen LogP contribution in [0.15, 0.2) is 11.7 Å². The van der Waals surface area contributed by atoms with Crippen LogP contribution < -0.4 is 5.32 Å². The van der Waals surface area contributed by atoms with Gasteiger partial charge in [-0.05, 0) is 6.92 Å². The molecule has 0 spiro atoms. The highest BCUT2D eigenvalue weighted by Crippen LogP contribution is 2.04. The highest BCUT2D eigenvalue weighted by Gasteiger charge is 2.04. The molecule has 0 bridgehead atoms. The van der Waals surface area contributed by atoms with Gasteiger partial charge in [0.2, 0.25) is 0 Å². The number of rotatable bonds is 5. The van der Waals surface area contributed by atoms with E-state index in [9.17, 15) is 4.21 Å². The molecule has 74 valence electrons. The van der Waals surface area contributed by atoms with E-state index >= 15 is 0 Å². The average molecular weight is 218 g/mol. The average Bonchev–Trinajstić information content (AvgIpc) is 2.56. The normalized spacial score (nSPS) is 15.5. The zero-order valence-electron chi connectivity index (χ0n) is 7.82. The van der Waals surface area contributed by atoms with Crippen molar-refractivity contribution >= 4 is 22.1 Å². The molecule has 1 aromatic rings. The van der Waals surface area contributed by atoms with Crippen molar-refractivity contribution in [3.05, 3.63) is 16.6 Å². The number of hydrogen-bond donors (Lipinski definition) is 1. The summed E-state index contributed by atoms with van der Waals surface area (Å²) in [4.78, 5) is 5.19. The molecule has 1 rings (SSSR count).